The van der Waals surface area contributed by atoms with Gasteiger partial charge in [-0.25, -0.2) is 0 Å². The van der Waals surface area contributed by atoms with Crippen LogP contribution in [-0.4, -0.2) is 0 Å². The van der Waals surface area contributed by atoms with Crippen molar-refractivity contribution < 1.29 is 0 Å². The average Bonchev–Trinajstić information content (AvgIpc) is 2.00. The standard InChI is InChI=1S/C11H17N/c1-6-11(4,5)7-10(8-12)9(2)3/h7H,2,6H2,1,3-5H3/b10-7+. The predicted octanol–water partition coefficient (Wildman–Crippen LogP) is 3.45. The normalized spacial score (nSPS) is 12.4. The second kappa shape index (κ2) is 4.11. The molecule has 0 fully saturated rings. The van der Waals surface area contributed by atoms with Gasteiger partial charge < -0.3 is 0 Å². The number of hydrogen-bond acceptors (Lipinski definition) is 1. The first-order valence-electron chi connectivity index (χ1n) is 4.22. The molecule has 0 aromatic heterocycles. The molecule has 0 heterocycles. The van der Waals surface area contributed by atoms with E-state index in [-0.39, 0.29) is 5.41 Å². The molecule has 1 heteroatoms. The molecule has 66 valence electrons. The smallest absolute Gasteiger partial charge is 0.0991 e. The zero-order valence-electron chi connectivity index (χ0n) is 8.44. The fraction of sp³-hybridized carbons (Fsp3) is 0.545. The highest BCUT2D eigenvalue weighted by Gasteiger charge is 2.12. The third-order valence-electron chi connectivity index (χ3n) is 2.03. The van der Waals surface area contributed by atoms with Gasteiger partial charge in [-0.05, 0) is 24.3 Å². The molecule has 0 aliphatic carbocycles. The molecule has 0 radical (unpaired) electrons. The Morgan fingerprint density at radius 1 is 1.58 bits per heavy atom. The number of nitriles is 1. The van der Waals surface area contributed by atoms with Crippen LogP contribution in [0.2, 0.25) is 0 Å². The minimum Gasteiger partial charge on any atom is -0.192 e. The highest BCUT2D eigenvalue weighted by atomic mass is 14.3. The van der Waals surface area contributed by atoms with E-state index in [0.29, 0.717) is 5.57 Å². The Kier molecular flexibility index (Phi) is 3.76. The third-order valence-corrected chi connectivity index (χ3v) is 2.03. The topological polar surface area (TPSA) is 23.8 Å². The first-order valence-corrected chi connectivity index (χ1v) is 4.22. The SMILES string of the molecule is C=C(C)/C(C#N)=C/C(C)(C)CC. The Balaban J connectivity index is 4.75. The lowest BCUT2D eigenvalue weighted by Gasteiger charge is -2.17. The van der Waals surface area contributed by atoms with Gasteiger partial charge in [0, 0.05) is 0 Å². The first-order chi connectivity index (χ1) is 5.43. The van der Waals surface area contributed by atoms with E-state index in [2.05, 4.69) is 33.4 Å². The van der Waals surface area contributed by atoms with E-state index < -0.39 is 0 Å². The Hall–Kier alpha value is -1.03. The molecule has 0 saturated carbocycles. The van der Waals surface area contributed by atoms with E-state index in [1.54, 1.807) is 0 Å². The van der Waals surface area contributed by atoms with Crippen molar-refractivity contribution in [2.24, 2.45) is 5.41 Å². The first kappa shape index (κ1) is 11.0. The molecule has 0 amide bonds. The van der Waals surface area contributed by atoms with Crippen LogP contribution < -0.4 is 0 Å². The van der Waals surface area contributed by atoms with E-state index in [0.717, 1.165) is 12.0 Å². The zero-order chi connectivity index (χ0) is 9.78. The molecule has 0 bridgehead atoms. The van der Waals surface area contributed by atoms with Crippen molar-refractivity contribution >= 4 is 0 Å². The van der Waals surface area contributed by atoms with Gasteiger partial charge >= 0.3 is 0 Å². The summed E-state index contributed by atoms with van der Waals surface area (Å²) in [5, 5.41) is 8.78. The number of allylic oxidation sites excluding steroid dienone is 3. The van der Waals surface area contributed by atoms with Gasteiger partial charge in [-0.2, -0.15) is 5.26 Å². The maximum absolute atomic E-state index is 8.78. The molecule has 0 aromatic carbocycles. The highest BCUT2D eigenvalue weighted by molar-refractivity contribution is 5.39. The van der Waals surface area contributed by atoms with Gasteiger partial charge in [-0.15, -0.1) is 0 Å². The summed E-state index contributed by atoms with van der Waals surface area (Å²) in [5.74, 6) is 0. The largest absolute Gasteiger partial charge is 0.192 e. The molecule has 1 nitrogen and oxygen atoms in total. The van der Waals surface area contributed by atoms with Crippen molar-refractivity contribution in [1.29, 1.82) is 5.26 Å². The fourth-order valence-electron chi connectivity index (χ4n) is 0.744. The second-order valence-electron chi connectivity index (χ2n) is 3.79. The van der Waals surface area contributed by atoms with Gasteiger partial charge in [0.05, 0.1) is 11.6 Å². The second-order valence-corrected chi connectivity index (χ2v) is 3.79. The van der Waals surface area contributed by atoms with Crippen LogP contribution in [0.4, 0.5) is 0 Å². The van der Waals surface area contributed by atoms with Crippen molar-refractivity contribution in [2.45, 2.75) is 34.1 Å². The summed E-state index contributed by atoms with van der Waals surface area (Å²) in [6.45, 7) is 12.0. The van der Waals surface area contributed by atoms with Crippen LogP contribution in [-0.2, 0) is 0 Å². The molecule has 0 saturated heterocycles. The summed E-state index contributed by atoms with van der Waals surface area (Å²) in [6, 6.07) is 2.15. The summed E-state index contributed by atoms with van der Waals surface area (Å²) in [4.78, 5) is 0. The van der Waals surface area contributed by atoms with Crippen molar-refractivity contribution in [3.8, 4) is 6.07 Å². The molecule has 12 heavy (non-hydrogen) atoms. The molecule has 0 rings (SSSR count). The van der Waals surface area contributed by atoms with Crippen LogP contribution in [0.25, 0.3) is 0 Å². The van der Waals surface area contributed by atoms with E-state index >= 15 is 0 Å². The molecule has 0 atom stereocenters. The maximum Gasteiger partial charge on any atom is 0.0991 e. The van der Waals surface area contributed by atoms with Crippen LogP contribution in [0.1, 0.15) is 34.1 Å². The zero-order valence-corrected chi connectivity index (χ0v) is 8.44. The van der Waals surface area contributed by atoms with E-state index in [4.69, 9.17) is 5.26 Å². The van der Waals surface area contributed by atoms with Crippen LogP contribution in [0.15, 0.2) is 23.8 Å². The Morgan fingerprint density at radius 3 is 2.33 bits per heavy atom. The van der Waals surface area contributed by atoms with Gasteiger partial charge in [0.15, 0.2) is 0 Å². The Labute approximate surface area is 75.4 Å². The number of hydrogen-bond donors (Lipinski definition) is 0. The molecule has 0 spiro atoms. The van der Waals surface area contributed by atoms with Gasteiger partial charge in [-0.3, -0.25) is 0 Å². The van der Waals surface area contributed by atoms with Crippen molar-refractivity contribution in [1.82, 2.24) is 0 Å². The summed E-state index contributed by atoms with van der Waals surface area (Å²) in [6.07, 6.45) is 3.03. The van der Waals surface area contributed by atoms with Gasteiger partial charge in [0.25, 0.3) is 0 Å². The summed E-state index contributed by atoms with van der Waals surface area (Å²) < 4.78 is 0. The minimum atomic E-state index is 0.101. The minimum absolute atomic E-state index is 0.101. The summed E-state index contributed by atoms with van der Waals surface area (Å²) in [5.41, 5.74) is 1.66. The molecule has 0 aliphatic rings. The third kappa shape index (κ3) is 3.39. The summed E-state index contributed by atoms with van der Waals surface area (Å²) in [7, 11) is 0. The predicted molar refractivity (Wildman–Crippen MR) is 52.6 cm³/mol. The van der Waals surface area contributed by atoms with Gasteiger partial charge in [-0.1, -0.05) is 33.4 Å². The number of nitrogens with zero attached hydrogens (tertiary/aromatic N) is 1. The molecule has 0 aliphatic heterocycles. The van der Waals surface area contributed by atoms with E-state index in [1.807, 2.05) is 13.0 Å². The van der Waals surface area contributed by atoms with Crippen molar-refractivity contribution in [3.63, 3.8) is 0 Å². The lowest BCUT2D eigenvalue weighted by Crippen LogP contribution is -2.06. The molecule has 0 unspecified atom stereocenters. The lowest BCUT2D eigenvalue weighted by atomic mass is 9.87. The molecule has 0 aromatic rings. The number of rotatable bonds is 3. The molecular weight excluding hydrogens is 146 g/mol. The maximum atomic E-state index is 8.78. The average molecular weight is 163 g/mol. The molecular formula is C11H17N. The van der Waals surface area contributed by atoms with Crippen molar-refractivity contribution in [3.05, 3.63) is 23.8 Å². The van der Waals surface area contributed by atoms with Crippen LogP contribution in [0.3, 0.4) is 0 Å². The summed E-state index contributed by atoms with van der Waals surface area (Å²) >= 11 is 0. The van der Waals surface area contributed by atoms with Crippen LogP contribution in [0, 0.1) is 16.7 Å². The van der Waals surface area contributed by atoms with Crippen molar-refractivity contribution in [2.75, 3.05) is 0 Å². The van der Waals surface area contributed by atoms with E-state index in [9.17, 15) is 0 Å². The van der Waals surface area contributed by atoms with E-state index in [1.165, 1.54) is 0 Å². The van der Waals surface area contributed by atoms with Crippen LogP contribution >= 0.6 is 0 Å². The highest BCUT2D eigenvalue weighted by Crippen LogP contribution is 2.24. The van der Waals surface area contributed by atoms with Gasteiger partial charge in [0.1, 0.15) is 0 Å². The Bertz CT molecular complexity index is 238. The Morgan fingerprint density at radius 2 is 2.08 bits per heavy atom. The monoisotopic (exact) mass is 163 g/mol. The lowest BCUT2D eigenvalue weighted by molar-refractivity contribution is 0.460. The van der Waals surface area contributed by atoms with Gasteiger partial charge in [0.2, 0.25) is 0 Å². The van der Waals surface area contributed by atoms with Crippen LogP contribution in [0.5, 0.6) is 0 Å². The molecule has 0 N–H and O–H groups in total. The fourth-order valence-corrected chi connectivity index (χ4v) is 0.744. The quantitative estimate of drug-likeness (QED) is 0.462.